The van der Waals surface area contributed by atoms with Crippen LogP contribution in [0.15, 0.2) is 12.2 Å². The minimum Gasteiger partial charge on any atom is -0.462 e. The van der Waals surface area contributed by atoms with E-state index in [1.165, 1.54) is 205 Å². The van der Waals surface area contributed by atoms with E-state index in [1.807, 2.05) is 0 Å². The Bertz CT molecular complexity index is 962. The Morgan fingerprint density at radius 2 is 0.532 bits per heavy atom. The lowest BCUT2D eigenvalue weighted by atomic mass is 10.0. The van der Waals surface area contributed by atoms with Crippen LogP contribution in [0.1, 0.15) is 310 Å². The molecule has 0 radical (unpaired) electrons. The maximum absolute atomic E-state index is 12.8. The molecule has 0 aliphatic heterocycles. The molecule has 0 aliphatic rings. The smallest absolute Gasteiger partial charge is 0.306 e. The lowest BCUT2D eigenvalue weighted by Gasteiger charge is -2.18. The Morgan fingerprint density at radius 3 is 0.823 bits per heavy atom. The van der Waals surface area contributed by atoms with Crippen molar-refractivity contribution in [2.45, 2.75) is 316 Å². The third-order valence-corrected chi connectivity index (χ3v) is 12.5. The standard InChI is InChI=1S/C56H106O6/c1-4-7-10-13-16-19-22-24-25-26-27-28-29-30-31-33-34-37-40-43-46-49-55(58)61-52-53(51-60-54(57)48-45-42-39-36-21-18-15-12-9-6-3)62-56(59)50-47-44-41-38-35-32-23-20-17-14-11-8-5-2/h20,23,53H,4-19,21-22,24-52H2,1-3H3/b23-20-. The molecule has 0 fully saturated rings. The number of unbranched alkanes of at least 4 members (excludes halogenated alkanes) is 38. The summed E-state index contributed by atoms with van der Waals surface area (Å²) in [4.78, 5) is 37.9. The van der Waals surface area contributed by atoms with Crippen molar-refractivity contribution in [2.24, 2.45) is 0 Å². The van der Waals surface area contributed by atoms with E-state index >= 15 is 0 Å². The van der Waals surface area contributed by atoms with Gasteiger partial charge in [0, 0.05) is 19.3 Å². The molecule has 0 aromatic rings. The average molecular weight is 875 g/mol. The largest absolute Gasteiger partial charge is 0.462 e. The van der Waals surface area contributed by atoms with Crippen LogP contribution in [0.4, 0.5) is 0 Å². The van der Waals surface area contributed by atoms with Crippen molar-refractivity contribution in [3.63, 3.8) is 0 Å². The molecule has 0 spiro atoms. The summed E-state index contributed by atoms with van der Waals surface area (Å²) in [5.41, 5.74) is 0. The maximum Gasteiger partial charge on any atom is 0.306 e. The van der Waals surface area contributed by atoms with Crippen LogP contribution in [0.2, 0.25) is 0 Å². The second-order valence-electron chi connectivity index (χ2n) is 18.9. The number of carbonyl (C=O) groups is 3. The third-order valence-electron chi connectivity index (χ3n) is 12.5. The normalized spacial score (nSPS) is 12.0. The molecule has 0 rings (SSSR count). The fourth-order valence-corrected chi connectivity index (χ4v) is 8.32. The van der Waals surface area contributed by atoms with Gasteiger partial charge in [-0.3, -0.25) is 14.4 Å². The summed E-state index contributed by atoms with van der Waals surface area (Å²) < 4.78 is 16.8. The zero-order chi connectivity index (χ0) is 45.1. The van der Waals surface area contributed by atoms with Crippen molar-refractivity contribution >= 4 is 17.9 Å². The molecule has 1 atom stereocenters. The van der Waals surface area contributed by atoms with E-state index < -0.39 is 6.10 Å². The highest BCUT2D eigenvalue weighted by atomic mass is 16.6. The Hall–Kier alpha value is -1.85. The summed E-state index contributed by atoms with van der Waals surface area (Å²) >= 11 is 0. The van der Waals surface area contributed by atoms with Gasteiger partial charge in [0.15, 0.2) is 6.10 Å². The molecule has 6 nitrogen and oxygen atoms in total. The topological polar surface area (TPSA) is 78.9 Å². The summed E-state index contributed by atoms with van der Waals surface area (Å²) in [6.45, 7) is 6.65. The van der Waals surface area contributed by atoms with Crippen molar-refractivity contribution in [3.05, 3.63) is 12.2 Å². The van der Waals surface area contributed by atoms with Crippen molar-refractivity contribution < 1.29 is 28.6 Å². The van der Waals surface area contributed by atoms with Crippen LogP contribution >= 0.6 is 0 Å². The SMILES string of the molecule is CCCCCC/C=C\CCCCCCCC(=O)OC(COC(=O)CCCCCCCCCCCC)COC(=O)CCCCCCCCCCCCCCCCCCCCCCC. The molecule has 0 bridgehead atoms. The van der Waals surface area contributed by atoms with Crippen LogP contribution in [0.25, 0.3) is 0 Å². The zero-order valence-electron chi connectivity index (χ0n) is 41.9. The van der Waals surface area contributed by atoms with Crippen molar-refractivity contribution in [1.82, 2.24) is 0 Å². The monoisotopic (exact) mass is 875 g/mol. The van der Waals surface area contributed by atoms with E-state index in [0.29, 0.717) is 19.3 Å². The van der Waals surface area contributed by atoms with Gasteiger partial charge < -0.3 is 14.2 Å². The van der Waals surface area contributed by atoms with Crippen LogP contribution in [-0.2, 0) is 28.6 Å². The van der Waals surface area contributed by atoms with Crippen LogP contribution in [0.5, 0.6) is 0 Å². The first kappa shape index (κ1) is 60.2. The van der Waals surface area contributed by atoms with Gasteiger partial charge in [0.2, 0.25) is 0 Å². The Kier molecular flexibility index (Phi) is 50.2. The molecule has 0 saturated heterocycles. The van der Waals surface area contributed by atoms with Gasteiger partial charge in [-0.05, 0) is 44.9 Å². The van der Waals surface area contributed by atoms with E-state index in [4.69, 9.17) is 14.2 Å². The fourth-order valence-electron chi connectivity index (χ4n) is 8.32. The molecule has 0 heterocycles. The molecule has 6 heteroatoms. The second-order valence-corrected chi connectivity index (χ2v) is 18.9. The fraction of sp³-hybridized carbons (Fsp3) is 0.911. The molecule has 0 N–H and O–H groups in total. The Balaban J connectivity index is 4.21. The molecule has 0 aliphatic carbocycles. The summed E-state index contributed by atoms with van der Waals surface area (Å²) in [5.74, 6) is -0.859. The molecule has 0 saturated carbocycles. The van der Waals surface area contributed by atoms with Gasteiger partial charge in [-0.25, -0.2) is 0 Å². The summed E-state index contributed by atoms with van der Waals surface area (Å²) in [6.07, 6.45) is 57.8. The minimum absolute atomic E-state index is 0.0680. The number of allylic oxidation sites excluding steroid dienone is 2. The lowest BCUT2D eigenvalue weighted by molar-refractivity contribution is -0.167. The van der Waals surface area contributed by atoms with Crippen molar-refractivity contribution in [2.75, 3.05) is 13.2 Å². The summed E-state index contributed by atoms with van der Waals surface area (Å²) in [7, 11) is 0. The lowest BCUT2D eigenvalue weighted by Crippen LogP contribution is -2.30. The maximum atomic E-state index is 12.8. The number of rotatable bonds is 51. The van der Waals surface area contributed by atoms with E-state index in [2.05, 4.69) is 32.9 Å². The van der Waals surface area contributed by atoms with Crippen LogP contribution in [0, 0.1) is 0 Å². The van der Waals surface area contributed by atoms with Crippen molar-refractivity contribution in [1.29, 1.82) is 0 Å². The van der Waals surface area contributed by atoms with Gasteiger partial charge >= 0.3 is 17.9 Å². The minimum atomic E-state index is -0.767. The first-order valence-electron chi connectivity index (χ1n) is 27.7. The highest BCUT2D eigenvalue weighted by Gasteiger charge is 2.19. The van der Waals surface area contributed by atoms with Gasteiger partial charge in [-0.1, -0.05) is 258 Å². The van der Waals surface area contributed by atoms with Gasteiger partial charge in [0.25, 0.3) is 0 Å². The molecule has 1 unspecified atom stereocenters. The second kappa shape index (κ2) is 51.8. The van der Waals surface area contributed by atoms with Gasteiger partial charge in [0.05, 0.1) is 0 Å². The van der Waals surface area contributed by atoms with Crippen LogP contribution < -0.4 is 0 Å². The first-order valence-corrected chi connectivity index (χ1v) is 27.7. The highest BCUT2D eigenvalue weighted by molar-refractivity contribution is 5.71. The zero-order valence-corrected chi connectivity index (χ0v) is 41.9. The van der Waals surface area contributed by atoms with Crippen LogP contribution in [0.3, 0.4) is 0 Å². The molecular weight excluding hydrogens is 769 g/mol. The van der Waals surface area contributed by atoms with E-state index in [-0.39, 0.29) is 31.1 Å². The van der Waals surface area contributed by atoms with Gasteiger partial charge in [-0.15, -0.1) is 0 Å². The molecule has 0 aromatic carbocycles. The first-order chi connectivity index (χ1) is 30.5. The quantitative estimate of drug-likeness (QED) is 0.0262. The predicted octanol–water partition coefficient (Wildman–Crippen LogP) is 18.2. The number of ether oxygens (including phenoxy) is 3. The number of carbonyl (C=O) groups excluding carboxylic acids is 3. The Morgan fingerprint density at radius 1 is 0.306 bits per heavy atom. The van der Waals surface area contributed by atoms with E-state index in [1.54, 1.807) is 0 Å². The van der Waals surface area contributed by atoms with Crippen molar-refractivity contribution in [3.8, 4) is 0 Å². The van der Waals surface area contributed by atoms with Gasteiger partial charge in [0.1, 0.15) is 13.2 Å². The average Bonchev–Trinajstić information content (AvgIpc) is 3.27. The number of hydrogen-bond acceptors (Lipinski definition) is 6. The summed E-state index contributed by atoms with van der Waals surface area (Å²) in [6, 6.07) is 0. The number of esters is 3. The molecule has 0 amide bonds. The van der Waals surface area contributed by atoms with E-state index in [9.17, 15) is 14.4 Å². The Labute approximate surface area is 386 Å². The highest BCUT2D eigenvalue weighted by Crippen LogP contribution is 2.17. The molecular formula is C56H106O6. The third kappa shape index (κ3) is 49.2. The van der Waals surface area contributed by atoms with E-state index in [0.717, 1.165) is 64.2 Å². The predicted molar refractivity (Wildman–Crippen MR) is 266 cm³/mol. The van der Waals surface area contributed by atoms with Crippen LogP contribution in [-0.4, -0.2) is 37.2 Å². The molecule has 62 heavy (non-hydrogen) atoms. The summed E-state index contributed by atoms with van der Waals surface area (Å²) in [5, 5.41) is 0. The molecule has 366 valence electrons. The molecule has 0 aromatic heterocycles. The van der Waals surface area contributed by atoms with Gasteiger partial charge in [-0.2, -0.15) is 0 Å². The number of hydrogen-bond donors (Lipinski definition) is 0.